The van der Waals surface area contributed by atoms with Crippen LogP contribution >= 0.6 is 0 Å². The number of aryl methyl sites for hydroxylation is 1. The van der Waals surface area contributed by atoms with Crippen molar-refractivity contribution in [2.45, 2.75) is 62.9 Å². The molecule has 2 N–H and O–H groups in total. The van der Waals surface area contributed by atoms with E-state index in [9.17, 15) is 9.59 Å². The number of hydrogen-bond acceptors (Lipinski definition) is 3. The van der Waals surface area contributed by atoms with Gasteiger partial charge in [-0.1, -0.05) is 54.6 Å². The van der Waals surface area contributed by atoms with Gasteiger partial charge in [-0.3, -0.25) is 9.59 Å². The topological polar surface area (TPSA) is 67.4 Å². The first kappa shape index (κ1) is 22.5. The Balaban J connectivity index is 1.32. The van der Waals surface area contributed by atoms with Gasteiger partial charge in [0.15, 0.2) is 0 Å². The van der Waals surface area contributed by atoms with E-state index in [-0.39, 0.29) is 17.9 Å². The van der Waals surface area contributed by atoms with Crippen LogP contribution in [0.3, 0.4) is 0 Å². The van der Waals surface area contributed by atoms with E-state index < -0.39 is 5.54 Å². The summed E-state index contributed by atoms with van der Waals surface area (Å²) in [5.74, 6) is 0.970. The molecule has 176 valence electrons. The Morgan fingerprint density at radius 2 is 1.85 bits per heavy atom. The molecule has 3 aromatic rings. The van der Waals surface area contributed by atoms with E-state index in [1.165, 1.54) is 16.7 Å². The predicted octanol–water partition coefficient (Wildman–Crippen LogP) is 5.01. The van der Waals surface area contributed by atoms with Crippen molar-refractivity contribution in [2.24, 2.45) is 0 Å². The van der Waals surface area contributed by atoms with Crippen LogP contribution in [0, 0.1) is 0 Å². The fraction of sp³-hybridized carbons (Fsp3) is 0.379. The largest absolute Gasteiger partial charge is 0.496 e. The molecular formula is C29H32N2O3. The number of nitrogens with one attached hydrogen (secondary N) is 2. The van der Waals surface area contributed by atoms with Gasteiger partial charge in [-0.2, -0.15) is 0 Å². The molecule has 0 radical (unpaired) electrons. The van der Waals surface area contributed by atoms with E-state index in [4.69, 9.17) is 4.74 Å². The van der Waals surface area contributed by atoms with Crippen molar-refractivity contribution < 1.29 is 14.3 Å². The van der Waals surface area contributed by atoms with Crippen molar-refractivity contribution in [3.63, 3.8) is 0 Å². The summed E-state index contributed by atoms with van der Waals surface area (Å²) >= 11 is 0. The number of ether oxygens (including phenoxy) is 1. The van der Waals surface area contributed by atoms with Crippen LogP contribution in [0.5, 0.6) is 5.75 Å². The van der Waals surface area contributed by atoms with E-state index in [0.29, 0.717) is 25.7 Å². The zero-order valence-corrected chi connectivity index (χ0v) is 19.7. The first-order valence-corrected chi connectivity index (χ1v) is 12.3. The minimum Gasteiger partial charge on any atom is -0.496 e. The molecule has 2 atom stereocenters. The summed E-state index contributed by atoms with van der Waals surface area (Å²) in [6.07, 6.45) is 6.11. The summed E-state index contributed by atoms with van der Waals surface area (Å²) in [5.41, 5.74) is 3.34. The Hall–Kier alpha value is -3.34. The van der Waals surface area contributed by atoms with Crippen LogP contribution in [-0.2, 0) is 22.4 Å². The second-order valence-corrected chi connectivity index (χ2v) is 9.69. The average Bonchev–Trinajstić information content (AvgIpc) is 3.24. The predicted molar refractivity (Wildman–Crippen MR) is 134 cm³/mol. The van der Waals surface area contributed by atoms with Gasteiger partial charge in [-0.05, 0) is 66.7 Å². The Morgan fingerprint density at radius 1 is 1.06 bits per heavy atom. The van der Waals surface area contributed by atoms with Crippen LogP contribution in [0.2, 0.25) is 0 Å². The van der Waals surface area contributed by atoms with Crippen LogP contribution in [0.25, 0.3) is 10.8 Å². The van der Waals surface area contributed by atoms with Gasteiger partial charge in [0.25, 0.3) is 0 Å². The lowest BCUT2D eigenvalue weighted by molar-refractivity contribution is -0.123. The quantitative estimate of drug-likeness (QED) is 0.525. The number of methoxy groups -OCH3 is 1. The molecule has 5 rings (SSSR count). The maximum atomic E-state index is 13.0. The molecule has 5 heteroatoms. The van der Waals surface area contributed by atoms with E-state index in [1.54, 1.807) is 7.11 Å². The molecule has 2 aliphatic rings. The highest BCUT2D eigenvalue weighted by Gasteiger charge is 2.38. The zero-order valence-electron chi connectivity index (χ0n) is 19.7. The molecule has 0 saturated carbocycles. The smallest absolute Gasteiger partial charge is 0.220 e. The lowest BCUT2D eigenvalue weighted by Crippen LogP contribution is -2.44. The first-order chi connectivity index (χ1) is 16.6. The van der Waals surface area contributed by atoms with E-state index >= 15 is 0 Å². The maximum Gasteiger partial charge on any atom is 0.220 e. The molecule has 0 bridgehead atoms. The molecular weight excluding hydrogens is 424 g/mol. The molecule has 3 aromatic carbocycles. The molecule has 5 nitrogen and oxygen atoms in total. The lowest BCUT2D eigenvalue weighted by atomic mass is 9.83. The number of hydrogen-bond donors (Lipinski definition) is 2. The molecule has 34 heavy (non-hydrogen) atoms. The van der Waals surface area contributed by atoms with Crippen LogP contribution in [0.1, 0.15) is 61.3 Å². The Kier molecular flexibility index (Phi) is 6.27. The van der Waals surface area contributed by atoms with Crippen molar-refractivity contribution in [3.8, 4) is 5.75 Å². The van der Waals surface area contributed by atoms with Crippen LogP contribution in [0.15, 0.2) is 60.7 Å². The Morgan fingerprint density at radius 3 is 2.65 bits per heavy atom. The third-order valence-corrected chi connectivity index (χ3v) is 7.49. The van der Waals surface area contributed by atoms with Gasteiger partial charge in [0.2, 0.25) is 11.8 Å². The second-order valence-electron chi connectivity index (χ2n) is 9.69. The van der Waals surface area contributed by atoms with E-state index in [2.05, 4.69) is 47.0 Å². The average molecular weight is 457 g/mol. The molecule has 1 aliphatic carbocycles. The van der Waals surface area contributed by atoms with E-state index in [1.807, 2.05) is 24.3 Å². The highest BCUT2D eigenvalue weighted by Crippen LogP contribution is 2.35. The van der Waals surface area contributed by atoms with Gasteiger partial charge in [0, 0.05) is 23.8 Å². The maximum absolute atomic E-state index is 13.0. The van der Waals surface area contributed by atoms with Gasteiger partial charge < -0.3 is 15.4 Å². The SMILES string of the molecule is COc1ccc(C[C@]2(CCC(=O)N[C@@H]3CCCc4ccccc43)CCC(=O)N2)c2ccccc12. The minimum atomic E-state index is -0.406. The number of carbonyl (C=O) groups is 2. The van der Waals surface area contributed by atoms with Crippen molar-refractivity contribution in [1.29, 1.82) is 0 Å². The molecule has 2 amide bonds. The number of amides is 2. The fourth-order valence-electron chi connectivity index (χ4n) is 5.74. The van der Waals surface area contributed by atoms with Gasteiger partial charge >= 0.3 is 0 Å². The van der Waals surface area contributed by atoms with Gasteiger partial charge in [0.05, 0.1) is 13.2 Å². The normalized spacial score (nSPS) is 21.7. The molecule has 1 heterocycles. The highest BCUT2D eigenvalue weighted by atomic mass is 16.5. The second kappa shape index (κ2) is 9.49. The minimum absolute atomic E-state index is 0.0572. The van der Waals surface area contributed by atoms with Gasteiger partial charge in [0.1, 0.15) is 5.75 Å². The fourth-order valence-corrected chi connectivity index (χ4v) is 5.74. The Labute approximate surface area is 200 Å². The molecule has 0 spiro atoms. The van der Waals surface area contributed by atoms with Crippen molar-refractivity contribution in [3.05, 3.63) is 77.4 Å². The highest BCUT2D eigenvalue weighted by molar-refractivity contribution is 5.91. The summed E-state index contributed by atoms with van der Waals surface area (Å²) in [5, 5.41) is 8.70. The zero-order chi connectivity index (χ0) is 23.5. The summed E-state index contributed by atoms with van der Waals surface area (Å²) in [7, 11) is 1.68. The molecule has 1 fully saturated rings. The van der Waals surface area contributed by atoms with Crippen LogP contribution in [-0.4, -0.2) is 24.5 Å². The first-order valence-electron chi connectivity index (χ1n) is 12.3. The molecule has 1 aliphatic heterocycles. The van der Waals surface area contributed by atoms with Gasteiger partial charge in [-0.15, -0.1) is 0 Å². The van der Waals surface area contributed by atoms with Gasteiger partial charge in [-0.25, -0.2) is 0 Å². The number of fused-ring (bicyclic) bond motifs is 2. The molecule has 1 saturated heterocycles. The van der Waals surface area contributed by atoms with E-state index in [0.717, 1.165) is 42.2 Å². The summed E-state index contributed by atoms with van der Waals surface area (Å²) in [6.45, 7) is 0. The van der Waals surface area contributed by atoms with Crippen LogP contribution in [0.4, 0.5) is 0 Å². The number of benzene rings is 3. The Bertz CT molecular complexity index is 1220. The summed E-state index contributed by atoms with van der Waals surface area (Å²) in [6, 6.07) is 20.8. The monoisotopic (exact) mass is 456 g/mol. The summed E-state index contributed by atoms with van der Waals surface area (Å²) in [4.78, 5) is 25.3. The van der Waals surface area contributed by atoms with Crippen LogP contribution < -0.4 is 15.4 Å². The molecule has 0 aromatic heterocycles. The lowest BCUT2D eigenvalue weighted by Gasteiger charge is -2.31. The number of rotatable bonds is 7. The third-order valence-electron chi connectivity index (χ3n) is 7.49. The molecule has 0 unspecified atom stereocenters. The standard InChI is InChI=1S/C29H32N2O3/c1-34-26-14-13-21(22-9-4-5-11-24(22)26)19-29(18-16-28(33)31-29)17-15-27(32)30-25-12-6-8-20-7-2-3-10-23(20)25/h2-5,7,9-11,13-14,25H,6,8,12,15-19H2,1H3,(H,30,32)(H,31,33)/t25-,29+/m1/s1. The summed E-state index contributed by atoms with van der Waals surface area (Å²) < 4.78 is 5.55. The third kappa shape index (κ3) is 4.52. The number of carbonyl (C=O) groups excluding carboxylic acids is 2. The van der Waals surface area contributed by atoms with Crippen molar-refractivity contribution in [2.75, 3.05) is 7.11 Å². The van der Waals surface area contributed by atoms with Crippen molar-refractivity contribution >= 4 is 22.6 Å². The van der Waals surface area contributed by atoms with Crippen molar-refractivity contribution in [1.82, 2.24) is 10.6 Å².